The number of anilines is 1. The van der Waals surface area contributed by atoms with E-state index in [4.69, 9.17) is 11.6 Å². The van der Waals surface area contributed by atoms with E-state index < -0.39 is 17.8 Å². The summed E-state index contributed by atoms with van der Waals surface area (Å²) in [5, 5.41) is 2.65. The molecule has 0 aliphatic carbocycles. The van der Waals surface area contributed by atoms with Crippen molar-refractivity contribution in [3.63, 3.8) is 0 Å². The number of benzene rings is 2. The van der Waals surface area contributed by atoms with Gasteiger partial charge in [-0.15, -0.1) is 0 Å². The lowest BCUT2D eigenvalue weighted by Gasteiger charge is -2.26. The van der Waals surface area contributed by atoms with Gasteiger partial charge < -0.3 is 0 Å². The van der Waals surface area contributed by atoms with Gasteiger partial charge in [0, 0.05) is 5.02 Å². The summed E-state index contributed by atoms with van der Waals surface area (Å²) in [6.45, 7) is 0. The van der Waals surface area contributed by atoms with Gasteiger partial charge in [0.1, 0.15) is 5.57 Å². The first kappa shape index (κ1) is 15.0. The van der Waals surface area contributed by atoms with Gasteiger partial charge in [-0.1, -0.05) is 41.9 Å². The van der Waals surface area contributed by atoms with Gasteiger partial charge in [-0.3, -0.25) is 14.9 Å². The summed E-state index contributed by atoms with van der Waals surface area (Å²) in [7, 11) is 0. The number of urea groups is 1. The van der Waals surface area contributed by atoms with Gasteiger partial charge in [0.15, 0.2) is 0 Å². The Hall–Kier alpha value is -2.92. The molecule has 1 aliphatic heterocycles. The molecular formula is C17H11ClN2O3. The minimum Gasteiger partial charge on any atom is -0.273 e. The first-order valence-electron chi connectivity index (χ1n) is 6.78. The first-order valence-corrected chi connectivity index (χ1v) is 7.16. The van der Waals surface area contributed by atoms with E-state index in [1.807, 2.05) is 6.07 Å². The molecule has 0 saturated carbocycles. The lowest BCUT2D eigenvalue weighted by molar-refractivity contribution is -0.122. The maximum absolute atomic E-state index is 12.6. The number of nitrogens with zero attached hydrogens (tertiary/aromatic N) is 1. The molecule has 1 saturated heterocycles. The molecule has 2 aromatic carbocycles. The summed E-state index contributed by atoms with van der Waals surface area (Å²) in [4.78, 5) is 37.5. The second kappa shape index (κ2) is 6.06. The monoisotopic (exact) mass is 326 g/mol. The topological polar surface area (TPSA) is 66.5 Å². The summed E-state index contributed by atoms with van der Waals surface area (Å²) in [6.07, 6.45) is 1.45. The second-order valence-corrected chi connectivity index (χ2v) is 5.28. The van der Waals surface area contributed by atoms with Crippen LogP contribution in [0.25, 0.3) is 6.08 Å². The van der Waals surface area contributed by atoms with E-state index in [2.05, 4.69) is 5.32 Å². The van der Waals surface area contributed by atoms with Gasteiger partial charge >= 0.3 is 6.03 Å². The van der Waals surface area contributed by atoms with Crippen LogP contribution in [0.1, 0.15) is 5.56 Å². The molecule has 0 radical (unpaired) electrons. The molecule has 0 bridgehead atoms. The molecule has 0 unspecified atom stereocenters. The largest absolute Gasteiger partial charge is 0.335 e. The lowest BCUT2D eigenvalue weighted by atomic mass is 10.1. The quantitative estimate of drug-likeness (QED) is 0.681. The van der Waals surface area contributed by atoms with Crippen molar-refractivity contribution in [3.8, 4) is 0 Å². The number of amides is 4. The van der Waals surface area contributed by atoms with Crippen molar-refractivity contribution in [2.45, 2.75) is 0 Å². The highest BCUT2D eigenvalue weighted by Crippen LogP contribution is 2.23. The predicted octanol–water partition coefficient (Wildman–Crippen LogP) is 3.01. The third-order valence-corrected chi connectivity index (χ3v) is 3.55. The van der Waals surface area contributed by atoms with Gasteiger partial charge in [-0.2, -0.15) is 0 Å². The summed E-state index contributed by atoms with van der Waals surface area (Å²) in [5.41, 5.74) is 0.922. The van der Waals surface area contributed by atoms with E-state index in [9.17, 15) is 14.4 Å². The van der Waals surface area contributed by atoms with Crippen LogP contribution in [-0.4, -0.2) is 17.8 Å². The van der Waals surface area contributed by atoms with Crippen LogP contribution in [0.5, 0.6) is 0 Å². The molecule has 0 aromatic heterocycles. The number of hydrogen-bond acceptors (Lipinski definition) is 3. The minimum absolute atomic E-state index is 0.106. The number of nitrogens with one attached hydrogen (secondary N) is 1. The Bertz CT molecular complexity index is 813. The number of imide groups is 2. The van der Waals surface area contributed by atoms with Crippen LogP contribution in [0.3, 0.4) is 0 Å². The highest BCUT2D eigenvalue weighted by Gasteiger charge is 2.36. The Labute approximate surface area is 137 Å². The van der Waals surface area contributed by atoms with Crippen molar-refractivity contribution >= 4 is 41.2 Å². The zero-order valence-electron chi connectivity index (χ0n) is 11.8. The molecule has 1 heterocycles. The van der Waals surface area contributed by atoms with E-state index in [1.54, 1.807) is 36.4 Å². The smallest absolute Gasteiger partial charge is 0.273 e. The Kier molecular flexibility index (Phi) is 3.95. The van der Waals surface area contributed by atoms with Crippen molar-refractivity contribution in [2.24, 2.45) is 0 Å². The van der Waals surface area contributed by atoms with E-state index in [0.29, 0.717) is 16.3 Å². The Morgan fingerprint density at radius 1 is 0.913 bits per heavy atom. The maximum atomic E-state index is 12.6. The Balaban J connectivity index is 2.01. The average Bonchev–Trinajstić information content (AvgIpc) is 2.54. The van der Waals surface area contributed by atoms with Gasteiger partial charge in [0.25, 0.3) is 11.8 Å². The predicted molar refractivity (Wildman–Crippen MR) is 86.9 cm³/mol. The van der Waals surface area contributed by atoms with Crippen LogP contribution in [0, 0.1) is 0 Å². The lowest BCUT2D eigenvalue weighted by Crippen LogP contribution is -2.54. The molecule has 1 fully saturated rings. The molecule has 4 amide bonds. The third-order valence-electron chi connectivity index (χ3n) is 3.30. The number of carbonyl (C=O) groups excluding carboxylic acids is 3. The zero-order valence-corrected chi connectivity index (χ0v) is 12.6. The first-order chi connectivity index (χ1) is 11.1. The fraction of sp³-hybridized carbons (Fsp3) is 0. The fourth-order valence-corrected chi connectivity index (χ4v) is 2.32. The van der Waals surface area contributed by atoms with Crippen molar-refractivity contribution in [2.75, 3.05) is 4.90 Å². The number of hydrogen-bond donors (Lipinski definition) is 1. The summed E-state index contributed by atoms with van der Waals surface area (Å²) >= 11 is 5.81. The average molecular weight is 327 g/mol. The van der Waals surface area contributed by atoms with Crippen LogP contribution in [0.2, 0.25) is 5.02 Å². The Morgan fingerprint density at radius 3 is 2.22 bits per heavy atom. The highest BCUT2D eigenvalue weighted by molar-refractivity contribution is 6.39. The summed E-state index contributed by atoms with van der Waals surface area (Å²) in [6, 6.07) is 14.3. The molecule has 2 aromatic rings. The van der Waals surface area contributed by atoms with Gasteiger partial charge in [-0.25, -0.2) is 9.69 Å². The van der Waals surface area contributed by atoms with E-state index in [1.165, 1.54) is 18.2 Å². The van der Waals surface area contributed by atoms with Crippen LogP contribution in [0.4, 0.5) is 10.5 Å². The molecular weight excluding hydrogens is 316 g/mol. The molecule has 1 aliphatic rings. The molecule has 0 atom stereocenters. The molecule has 5 nitrogen and oxygen atoms in total. The van der Waals surface area contributed by atoms with Crippen molar-refractivity contribution in [3.05, 3.63) is 70.8 Å². The SMILES string of the molecule is O=C1NC(=O)N(c2ccc(Cl)cc2)C(=O)/C1=C/c1ccccc1. The number of carbonyl (C=O) groups is 3. The highest BCUT2D eigenvalue weighted by atomic mass is 35.5. The van der Waals surface area contributed by atoms with Crippen molar-refractivity contribution < 1.29 is 14.4 Å². The summed E-state index contributed by atoms with van der Waals surface area (Å²) in [5.74, 6) is -1.39. The van der Waals surface area contributed by atoms with Crippen molar-refractivity contribution in [1.82, 2.24) is 5.32 Å². The molecule has 114 valence electrons. The second-order valence-electron chi connectivity index (χ2n) is 4.84. The maximum Gasteiger partial charge on any atom is 0.335 e. The zero-order chi connectivity index (χ0) is 16.4. The molecule has 1 N–H and O–H groups in total. The van der Waals surface area contributed by atoms with Gasteiger partial charge in [-0.05, 0) is 35.9 Å². The van der Waals surface area contributed by atoms with Gasteiger partial charge in [0.2, 0.25) is 0 Å². The molecule has 0 spiro atoms. The number of barbiturate groups is 1. The minimum atomic E-state index is -0.785. The number of rotatable bonds is 2. The van der Waals surface area contributed by atoms with Crippen LogP contribution in [0.15, 0.2) is 60.2 Å². The van der Waals surface area contributed by atoms with Crippen molar-refractivity contribution in [1.29, 1.82) is 0 Å². The van der Waals surface area contributed by atoms with Crippen LogP contribution < -0.4 is 10.2 Å². The molecule has 3 rings (SSSR count). The van der Waals surface area contributed by atoms with Crippen LogP contribution in [-0.2, 0) is 9.59 Å². The third kappa shape index (κ3) is 3.00. The normalized spacial score (nSPS) is 16.7. The van der Waals surface area contributed by atoms with Gasteiger partial charge in [0.05, 0.1) is 5.69 Å². The molecule has 23 heavy (non-hydrogen) atoms. The van der Waals surface area contributed by atoms with E-state index in [0.717, 1.165) is 4.90 Å². The molecule has 6 heteroatoms. The van der Waals surface area contributed by atoms with E-state index in [-0.39, 0.29) is 5.57 Å². The fourth-order valence-electron chi connectivity index (χ4n) is 2.20. The van der Waals surface area contributed by atoms with Crippen LogP contribution >= 0.6 is 11.6 Å². The standard InChI is InChI=1S/C17H11ClN2O3/c18-12-6-8-13(9-7-12)20-16(22)14(15(21)19-17(20)23)10-11-4-2-1-3-5-11/h1-10H,(H,19,21,23)/b14-10+. The summed E-state index contributed by atoms with van der Waals surface area (Å²) < 4.78 is 0. The van der Waals surface area contributed by atoms with E-state index >= 15 is 0 Å². The number of halogens is 1. The Morgan fingerprint density at radius 2 is 1.57 bits per heavy atom.